The Morgan fingerprint density at radius 2 is 2.04 bits per heavy atom. The van der Waals surface area contributed by atoms with Crippen LogP contribution in [-0.2, 0) is 5.75 Å². The molecule has 0 bridgehead atoms. The highest BCUT2D eigenvalue weighted by Gasteiger charge is 2.15. The summed E-state index contributed by atoms with van der Waals surface area (Å²) >= 11 is 7.34. The van der Waals surface area contributed by atoms with Gasteiger partial charge in [-0.05, 0) is 34.7 Å². The van der Waals surface area contributed by atoms with Gasteiger partial charge in [0.2, 0.25) is 5.16 Å². The second-order valence-electron chi connectivity index (χ2n) is 4.53. The molecule has 0 aliphatic heterocycles. The first kappa shape index (κ1) is 15.8. The fourth-order valence-corrected chi connectivity index (χ4v) is 3.26. The molecule has 0 unspecified atom stereocenters. The van der Waals surface area contributed by atoms with E-state index in [1.165, 1.54) is 17.8 Å². The van der Waals surface area contributed by atoms with E-state index in [4.69, 9.17) is 16.3 Å². The number of hydrogen-bond acceptors (Lipinski definition) is 5. The van der Waals surface area contributed by atoms with Gasteiger partial charge in [0.1, 0.15) is 17.3 Å². The fourth-order valence-electron chi connectivity index (χ4n) is 2.03. The van der Waals surface area contributed by atoms with E-state index in [0.717, 1.165) is 0 Å². The summed E-state index contributed by atoms with van der Waals surface area (Å²) in [6, 6.07) is 12.0. The van der Waals surface area contributed by atoms with Crippen LogP contribution in [0.25, 0.3) is 5.69 Å². The number of halogens is 2. The highest BCUT2D eigenvalue weighted by atomic mass is 35.5. The summed E-state index contributed by atoms with van der Waals surface area (Å²) in [4.78, 5) is 0. The number of benzene rings is 2. The van der Waals surface area contributed by atoms with Crippen molar-refractivity contribution in [3.05, 3.63) is 58.9 Å². The molecule has 2 aromatic carbocycles. The largest absolute Gasteiger partial charge is 0.494 e. The van der Waals surface area contributed by atoms with Crippen molar-refractivity contribution in [2.45, 2.75) is 10.9 Å². The first-order chi connectivity index (χ1) is 11.2. The molecule has 3 rings (SSSR count). The summed E-state index contributed by atoms with van der Waals surface area (Å²) in [5.41, 5.74) is 1.14. The molecule has 0 saturated heterocycles. The number of tetrazole rings is 1. The maximum atomic E-state index is 13.8. The van der Waals surface area contributed by atoms with Gasteiger partial charge in [-0.25, -0.2) is 4.39 Å². The van der Waals surface area contributed by atoms with Crippen molar-refractivity contribution in [2.75, 3.05) is 7.11 Å². The summed E-state index contributed by atoms with van der Waals surface area (Å²) in [6.45, 7) is 0. The smallest absolute Gasteiger partial charge is 0.214 e. The molecule has 5 nitrogen and oxygen atoms in total. The van der Waals surface area contributed by atoms with Crippen LogP contribution < -0.4 is 4.74 Å². The van der Waals surface area contributed by atoms with E-state index in [9.17, 15) is 4.39 Å². The van der Waals surface area contributed by atoms with Crippen molar-refractivity contribution >= 4 is 23.4 Å². The summed E-state index contributed by atoms with van der Waals surface area (Å²) in [5, 5.41) is 12.6. The van der Waals surface area contributed by atoms with E-state index in [1.807, 2.05) is 24.3 Å². The second-order valence-corrected chi connectivity index (χ2v) is 5.88. The van der Waals surface area contributed by atoms with Crippen molar-refractivity contribution < 1.29 is 9.13 Å². The van der Waals surface area contributed by atoms with Crippen LogP contribution in [-0.4, -0.2) is 27.3 Å². The van der Waals surface area contributed by atoms with Crippen LogP contribution >= 0.6 is 23.4 Å². The average molecular weight is 351 g/mol. The molecule has 0 saturated carbocycles. The third kappa shape index (κ3) is 3.30. The minimum Gasteiger partial charge on any atom is -0.494 e. The van der Waals surface area contributed by atoms with Gasteiger partial charge in [-0.3, -0.25) is 0 Å². The lowest BCUT2D eigenvalue weighted by atomic mass is 10.2. The van der Waals surface area contributed by atoms with Crippen LogP contribution in [0.3, 0.4) is 0 Å². The number of hydrogen-bond donors (Lipinski definition) is 0. The van der Waals surface area contributed by atoms with E-state index in [-0.39, 0.29) is 5.82 Å². The molecule has 0 radical (unpaired) electrons. The van der Waals surface area contributed by atoms with Gasteiger partial charge in [0.15, 0.2) is 0 Å². The molecule has 0 atom stereocenters. The predicted octanol–water partition coefficient (Wildman–Crippen LogP) is 3.76. The Labute approximate surface area is 141 Å². The minimum atomic E-state index is -0.346. The third-order valence-electron chi connectivity index (χ3n) is 3.16. The van der Waals surface area contributed by atoms with Crippen LogP contribution in [0.5, 0.6) is 5.75 Å². The molecule has 0 N–H and O–H groups in total. The fraction of sp³-hybridized carbons (Fsp3) is 0.133. The normalized spacial score (nSPS) is 10.7. The Kier molecular flexibility index (Phi) is 4.78. The maximum Gasteiger partial charge on any atom is 0.214 e. The zero-order chi connectivity index (χ0) is 16.2. The zero-order valence-corrected chi connectivity index (χ0v) is 13.7. The lowest BCUT2D eigenvalue weighted by molar-refractivity contribution is 0.410. The number of methoxy groups -OCH3 is 1. The molecule has 0 amide bonds. The Balaban J connectivity index is 1.87. The van der Waals surface area contributed by atoms with Crippen LogP contribution in [0.15, 0.2) is 47.6 Å². The van der Waals surface area contributed by atoms with Gasteiger partial charge in [0.05, 0.1) is 7.11 Å². The van der Waals surface area contributed by atoms with Gasteiger partial charge in [0, 0.05) is 16.3 Å². The van der Waals surface area contributed by atoms with Gasteiger partial charge in [-0.15, -0.1) is 5.10 Å². The predicted molar refractivity (Wildman–Crippen MR) is 86.7 cm³/mol. The molecular weight excluding hydrogens is 339 g/mol. The number of nitrogens with zero attached hydrogens (tertiary/aromatic N) is 4. The number of thioether (sulfide) groups is 1. The topological polar surface area (TPSA) is 52.8 Å². The van der Waals surface area contributed by atoms with Gasteiger partial charge in [0.25, 0.3) is 0 Å². The van der Waals surface area contributed by atoms with Gasteiger partial charge in [-0.2, -0.15) is 4.68 Å². The number of aromatic nitrogens is 4. The Bertz CT molecular complexity index is 806. The lowest BCUT2D eigenvalue weighted by Crippen LogP contribution is -2.02. The van der Waals surface area contributed by atoms with E-state index in [1.54, 1.807) is 23.9 Å². The monoisotopic (exact) mass is 350 g/mol. The van der Waals surface area contributed by atoms with E-state index < -0.39 is 0 Å². The molecule has 3 aromatic rings. The van der Waals surface area contributed by atoms with Crippen molar-refractivity contribution in [3.63, 3.8) is 0 Å². The molecule has 23 heavy (non-hydrogen) atoms. The summed E-state index contributed by atoms with van der Waals surface area (Å²) < 4.78 is 20.7. The minimum absolute atomic E-state index is 0.320. The highest BCUT2D eigenvalue weighted by molar-refractivity contribution is 7.98. The molecule has 0 aliphatic rings. The van der Waals surface area contributed by atoms with Crippen molar-refractivity contribution in [1.29, 1.82) is 0 Å². The molecule has 8 heteroatoms. The molecular formula is C15H12ClFN4OS. The zero-order valence-electron chi connectivity index (χ0n) is 12.1. The SMILES string of the molecule is COc1ccccc1-n1nnnc1SCc1c(F)cccc1Cl. The Morgan fingerprint density at radius 3 is 2.83 bits per heavy atom. The molecule has 1 aromatic heterocycles. The molecule has 118 valence electrons. The van der Waals surface area contributed by atoms with E-state index in [0.29, 0.717) is 32.9 Å². The van der Waals surface area contributed by atoms with Crippen molar-refractivity contribution in [3.8, 4) is 11.4 Å². The maximum absolute atomic E-state index is 13.8. The van der Waals surface area contributed by atoms with Crippen LogP contribution in [0.2, 0.25) is 5.02 Å². The summed E-state index contributed by atoms with van der Waals surface area (Å²) in [7, 11) is 1.58. The Morgan fingerprint density at radius 1 is 1.22 bits per heavy atom. The molecule has 0 aliphatic carbocycles. The van der Waals surface area contributed by atoms with E-state index >= 15 is 0 Å². The average Bonchev–Trinajstić information content (AvgIpc) is 3.02. The Hall–Kier alpha value is -2.12. The lowest BCUT2D eigenvalue weighted by Gasteiger charge is -2.09. The van der Waals surface area contributed by atoms with Crippen molar-refractivity contribution in [1.82, 2.24) is 20.2 Å². The van der Waals surface area contributed by atoms with Crippen molar-refractivity contribution in [2.24, 2.45) is 0 Å². The summed E-state index contributed by atoms with van der Waals surface area (Å²) in [6.07, 6.45) is 0. The quantitative estimate of drug-likeness (QED) is 0.656. The number of para-hydroxylation sites is 2. The number of rotatable bonds is 5. The standard InChI is InChI=1S/C15H12ClFN4OS/c1-22-14-8-3-2-7-13(14)21-15(18-19-20-21)23-9-10-11(16)5-4-6-12(10)17/h2-8H,9H2,1H3. The first-order valence-corrected chi connectivity index (χ1v) is 8.04. The molecule has 1 heterocycles. The molecule has 0 fully saturated rings. The molecule has 0 spiro atoms. The second kappa shape index (κ2) is 6.97. The van der Waals surface area contributed by atoms with E-state index in [2.05, 4.69) is 15.5 Å². The third-order valence-corrected chi connectivity index (χ3v) is 4.46. The van der Waals surface area contributed by atoms with Crippen LogP contribution in [0, 0.1) is 5.82 Å². The van der Waals surface area contributed by atoms with Crippen LogP contribution in [0.1, 0.15) is 5.56 Å². The van der Waals surface area contributed by atoms with Crippen LogP contribution in [0.4, 0.5) is 4.39 Å². The summed E-state index contributed by atoms with van der Waals surface area (Å²) in [5.74, 6) is 0.619. The van der Waals surface area contributed by atoms with Gasteiger partial charge >= 0.3 is 0 Å². The van der Waals surface area contributed by atoms with Gasteiger partial charge in [-0.1, -0.05) is 41.6 Å². The highest BCUT2D eigenvalue weighted by Crippen LogP contribution is 2.30. The number of ether oxygens (including phenoxy) is 1. The first-order valence-electron chi connectivity index (χ1n) is 6.68. The van der Waals surface area contributed by atoms with Gasteiger partial charge < -0.3 is 4.74 Å².